The maximum Gasteiger partial charge on any atom is 0.0323 e. The molecule has 0 aliphatic rings. The molecule has 1 aromatic carbocycles. The second-order valence-corrected chi connectivity index (χ2v) is 6.80. The van der Waals surface area contributed by atoms with Gasteiger partial charge in [0.05, 0.1) is 0 Å². The van der Waals surface area contributed by atoms with Gasteiger partial charge in [0.2, 0.25) is 0 Å². The standard InChI is InChI=1S/C19H33N/c1-6-8-9-10-15-18(20-7-2)16-13-11-12-14-17(16)19(3,4)5/h11-14,18,20H,6-10,15H2,1-5H3. The van der Waals surface area contributed by atoms with Gasteiger partial charge >= 0.3 is 0 Å². The van der Waals surface area contributed by atoms with Crippen molar-refractivity contribution in [3.05, 3.63) is 35.4 Å². The molecule has 1 atom stereocenters. The van der Waals surface area contributed by atoms with E-state index in [0.29, 0.717) is 6.04 Å². The van der Waals surface area contributed by atoms with Crippen LogP contribution in [0.25, 0.3) is 0 Å². The summed E-state index contributed by atoms with van der Waals surface area (Å²) in [6.45, 7) is 12.5. The maximum atomic E-state index is 3.69. The van der Waals surface area contributed by atoms with Crippen molar-refractivity contribution in [2.45, 2.75) is 78.2 Å². The third kappa shape index (κ3) is 5.28. The SMILES string of the molecule is CCCCCCC(NCC)c1ccccc1C(C)(C)C. The minimum absolute atomic E-state index is 0.216. The predicted octanol–water partition coefficient (Wildman–Crippen LogP) is 5.61. The Morgan fingerprint density at radius 1 is 1.00 bits per heavy atom. The Kier molecular flexibility index (Phi) is 7.29. The minimum Gasteiger partial charge on any atom is -0.310 e. The largest absolute Gasteiger partial charge is 0.310 e. The fourth-order valence-corrected chi connectivity index (χ4v) is 2.87. The topological polar surface area (TPSA) is 12.0 Å². The van der Waals surface area contributed by atoms with Crippen LogP contribution in [0.5, 0.6) is 0 Å². The molecule has 0 aliphatic carbocycles. The van der Waals surface area contributed by atoms with Crippen LogP contribution in [0.15, 0.2) is 24.3 Å². The molecule has 0 saturated heterocycles. The number of rotatable bonds is 8. The Bertz CT molecular complexity index is 376. The minimum atomic E-state index is 0.216. The van der Waals surface area contributed by atoms with Crippen LogP contribution in [0, 0.1) is 0 Å². The second-order valence-electron chi connectivity index (χ2n) is 6.80. The van der Waals surface area contributed by atoms with Gasteiger partial charge in [0, 0.05) is 6.04 Å². The number of hydrogen-bond acceptors (Lipinski definition) is 1. The van der Waals surface area contributed by atoms with Crippen molar-refractivity contribution in [3.8, 4) is 0 Å². The normalized spacial score (nSPS) is 13.4. The molecule has 1 rings (SSSR count). The van der Waals surface area contributed by atoms with Crippen molar-refractivity contribution in [2.24, 2.45) is 0 Å². The van der Waals surface area contributed by atoms with E-state index in [4.69, 9.17) is 0 Å². The molecule has 1 heteroatoms. The fraction of sp³-hybridized carbons (Fsp3) is 0.684. The van der Waals surface area contributed by atoms with Crippen molar-refractivity contribution in [1.29, 1.82) is 0 Å². The van der Waals surface area contributed by atoms with E-state index in [-0.39, 0.29) is 5.41 Å². The van der Waals surface area contributed by atoms with Gasteiger partial charge in [-0.15, -0.1) is 0 Å². The lowest BCUT2D eigenvalue weighted by atomic mass is 9.81. The first-order valence-electron chi connectivity index (χ1n) is 8.33. The van der Waals surface area contributed by atoms with Crippen LogP contribution >= 0.6 is 0 Å². The highest BCUT2D eigenvalue weighted by Gasteiger charge is 2.21. The van der Waals surface area contributed by atoms with Crippen molar-refractivity contribution in [2.75, 3.05) is 6.54 Å². The van der Waals surface area contributed by atoms with Crippen LogP contribution in [0.1, 0.15) is 83.9 Å². The average molecular weight is 275 g/mol. The van der Waals surface area contributed by atoms with E-state index in [1.165, 1.54) is 43.2 Å². The van der Waals surface area contributed by atoms with Crippen molar-refractivity contribution >= 4 is 0 Å². The van der Waals surface area contributed by atoms with E-state index < -0.39 is 0 Å². The molecule has 1 unspecified atom stereocenters. The van der Waals surface area contributed by atoms with Crippen LogP contribution < -0.4 is 5.32 Å². The van der Waals surface area contributed by atoms with Gasteiger partial charge in [-0.1, -0.05) is 84.6 Å². The van der Waals surface area contributed by atoms with Crippen LogP contribution in [-0.2, 0) is 5.41 Å². The molecule has 0 saturated carbocycles. The number of hydrogen-bond donors (Lipinski definition) is 1. The van der Waals surface area contributed by atoms with Gasteiger partial charge in [-0.3, -0.25) is 0 Å². The highest BCUT2D eigenvalue weighted by Crippen LogP contribution is 2.31. The molecular weight excluding hydrogens is 242 g/mol. The first kappa shape index (κ1) is 17.2. The third-order valence-electron chi connectivity index (χ3n) is 3.94. The van der Waals surface area contributed by atoms with Crippen molar-refractivity contribution < 1.29 is 0 Å². The van der Waals surface area contributed by atoms with Crippen molar-refractivity contribution in [1.82, 2.24) is 5.32 Å². The quantitative estimate of drug-likeness (QED) is 0.608. The van der Waals surface area contributed by atoms with E-state index in [9.17, 15) is 0 Å². The van der Waals surface area contributed by atoms with Gasteiger partial charge in [0.25, 0.3) is 0 Å². The molecular formula is C19H33N. The zero-order chi connectivity index (χ0) is 15.0. The van der Waals surface area contributed by atoms with Crippen LogP contribution in [0.4, 0.5) is 0 Å². The monoisotopic (exact) mass is 275 g/mol. The molecule has 0 spiro atoms. The molecule has 0 radical (unpaired) electrons. The number of unbranched alkanes of at least 4 members (excludes halogenated alkanes) is 3. The van der Waals surface area contributed by atoms with Crippen LogP contribution in [-0.4, -0.2) is 6.54 Å². The molecule has 0 bridgehead atoms. The Labute approximate surface area is 126 Å². The lowest BCUT2D eigenvalue weighted by molar-refractivity contribution is 0.468. The summed E-state index contributed by atoms with van der Waals surface area (Å²) < 4.78 is 0. The first-order chi connectivity index (χ1) is 9.50. The molecule has 0 fully saturated rings. The fourth-order valence-electron chi connectivity index (χ4n) is 2.87. The Balaban J connectivity index is 2.85. The molecule has 1 N–H and O–H groups in total. The summed E-state index contributed by atoms with van der Waals surface area (Å²) in [5.41, 5.74) is 3.20. The molecule has 20 heavy (non-hydrogen) atoms. The van der Waals surface area contributed by atoms with Gasteiger partial charge in [0.15, 0.2) is 0 Å². The second kappa shape index (κ2) is 8.46. The van der Waals surface area contributed by atoms with E-state index in [1.807, 2.05) is 0 Å². The summed E-state index contributed by atoms with van der Waals surface area (Å²) in [6.07, 6.45) is 6.60. The van der Waals surface area contributed by atoms with E-state index in [1.54, 1.807) is 0 Å². The van der Waals surface area contributed by atoms with Crippen molar-refractivity contribution in [3.63, 3.8) is 0 Å². The lowest BCUT2D eigenvalue weighted by Gasteiger charge is -2.28. The Morgan fingerprint density at radius 2 is 1.70 bits per heavy atom. The summed E-state index contributed by atoms with van der Waals surface area (Å²) in [7, 11) is 0. The summed E-state index contributed by atoms with van der Waals surface area (Å²) in [6, 6.07) is 9.47. The van der Waals surface area contributed by atoms with Gasteiger partial charge in [0.1, 0.15) is 0 Å². The highest BCUT2D eigenvalue weighted by molar-refractivity contribution is 5.35. The predicted molar refractivity (Wildman–Crippen MR) is 90.3 cm³/mol. The zero-order valence-corrected chi connectivity index (χ0v) is 14.1. The molecule has 1 aromatic rings. The summed E-state index contributed by atoms with van der Waals surface area (Å²) in [5, 5.41) is 3.69. The van der Waals surface area contributed by atoms with E-state index >= 15 is 0 Å². The Hall–Kier alpha value is -0.820. The first-order valence-corrected chi connectivity index (χ1v) is 8.33. The third-order valence-corrected chi connectivity index (χ3v) is 3.94. The number of nitrogens with one attached hydrogen (secondary N) is 1. The lowest BCUT2D eigenvalue weighted by Crippen LogP contribution is -2.25. The summed E-state index contributed by atoms with van der Waals surface area (Å²) >= 11 is 0. The van der Waals surface area contributed by atoms with Crippen LogP contribution in [0.2, 0.25) is 0 Å². The summed E-state index contributed by atoms with van der Waals surface area (Å²) in [5.74, 6) is 0. The number of benzene rings is 1. The van der Waals surface area contributed by atoms with Gasteiger partial charge in [-0.05, 0) is 29.5 Å². The zero-order valence-electron chi connectivity index (χ0n) is 14.1. The highest BCUT2D eigenvalue weighted by atomic mass is 14.9. The molecule has 0 heterocycles. The van der Waals surface area contributed by atoms with E-state index in [0.717, 1.165) is 6.54 Å². The van der Waals surface area contributed by atoms with Crippen LogP contribution in [0.3, 0.4) is 0 Å². The molecule has 1 nitrogen and oxygen atoms in total. The molecule has 0 amide bonds. The summed E-state index contributed by atoms with van der Waals surface area (Å²) in [4.78, 5) is 0. The van der Waals surface area contributed by atoms with Gasteiger partial charge in [-0.2, -0.15) is 0 Å². The van der Waals surface area contributed by atoms with E-state index in [2.05, 4.69) is 64.2 Å². The molecule has 114 valence electrons. The maximum absolute atomic E-state index is 3.69. The van der Waals surface area contributed by atoms with Gasteiger partial charge in [-0.25, -0.2) is 0 Å². The molecule has 0 aromatic heterocycles. The average Bonchev–Trinajstić information content (AvgIpc) is 2.41. The molecule has 0 aliphatic heterocycles. The smallest absolute Gasteiger partial charge is 0.0323 e. The van der Waals surface area contributed by atoms with Gasteiger partial charge < -0.3 is 5.32 Å². The Morgan fingerprint density at radius 3 is 2.30 bits per heavy atom.